The highest BCUT2D eigenvalue weighted by Gasteiger charge is 2.16. The zero-order valence-electron chi connectivity index (χ0n) is 17.3. The first-order chi connectivity index (χ1) is 16.0. The predicted octanol–water partition coefficient (Wildman–Crippen LogP) is 5.18. The van der Waals surface area contributed by atoms with E-state index in [0.29, 0.717) is 33.4 Å². The van der Waals surface area contributed by atoms with E-state index in [1.807, 2.05) is 42.5 Å². The normalized spacial score (nSPS) is 11.0. The monoisotopic (exact) mass is 473 g/mol. The molecule has 0 atom stereocenters. The molecule has 33 heavy (non-hydrogen) atoms. The summed E-state index contributed by atoms with van der Waals surface area (Å²) in [6.45, 7) is 1.44. The van der Waals surface area contributed by atoms with E-state index >= 15 is 0 Å². The zero-order chi connectivity index (χ0) is 22.9. The van der Waals surface area contributed by atoms with Crippen molar-refractivity contribution in [1.29, 1.82) is 0 Å². The van der Waals surface area contributed by atoms with Crippen LogP contribution in [0.2, 0.25) is 5.02 Å². The molecule has 0 radical (unpaired) electrons. The highest BCUT2D eigenvalue weighted by Crippen LogP contribution is 2.29. The van der Waals surface area contributed by atoms with Crippen molar-refractivity contribution in [3.8, 4) is 27.8 Å². The van der Waals surface area contributed by atoms with Gasteiger partial charge >= 0.3 is 0 Å². The molecule has 5 rings (SSSR count). The van der Waals surface area contributed by atoms with E-state index < -0.39 is 0 Å². The fourth-order valence-electron chi connectivity index (χ4n) is 3.45. The number of carbonyl (C=O) groups excluding carboxylic acids is 1. The number of hydrogen-bond acceptors (Lipinski definition) is 6. The molecule has 0 saturated heterocycles. The average molecular weight is 474 g/mol. The molecule has 7 nitrogen and oxygen atoms in total. The van der Waals surface area contributed by atoms with E-state index in [9.17, 15) is 9.59 Å². The van der Waals surface area contributed by atoms with Crippen molar-refractivity contribution in [1.82, 2.24) is 19.5 Å². The minimum absolute atomic E-state index is 0.168. The Labute approximate surface area is 197 Å². The van der Waals surface area contributed by atoms with Gasteiger partial charge in [0.2, 0.25) is 5.91 Å². The summed E-state index contributed by atoms with van der Waals surface area (Å²) in [4.78, 5) is 38.2. The average Bonchev–Trinajstić information content (AvgIpc) is 3.28. The van der Waals surface area contributed by atoms with Crippen LogP contribution in [0.15, 0.2) is 77.0 Å². The molecule has 1 amide bonds. The van der Waals surface area contributed by atoms with Gasteiger partial charge in [0.25, 0.3) is 5.56 Å². The van der Waals surface area contributed by atoms with Crippen LogP contribution < -0.4 is 10.9 Å². The summed E-state index contributed by atoms with van der Waals surface area (Å²) >= 11 is 7.44. The number of anilines is 1. The third kappa shape index (κ3) is 4.13. The van der Waals surface area contributed by atoms with E-state index in [0.717, 1.165) is 16.1 Å². The van der Waals surface area contributed by atoms with Crippen LogP contribution in [-0.2, 0) is 4.79 Å². The molecule has 3 aromatic heterocycles. The Morgan fingerprint density at radius 1 is 1.00 bits per heavy atom. The Kier molecular flexibility index (Phi) is 5.45. The Bertz CT molecular complexity index is 1540. The van der Waals surface area contributed by atoms with Crippen molar-refractivity contribution in [2.45, 2.75) is 6.92 Å². The highest BCUT2D eigenvalue weighted by molar-refractivity contribution is 7.13. The maximum Gasteiger partial charge on any atom is 0.267 e. The maximum absolute atomic E-state index is 13.4. The number of aromatic nitrogens is 4. The van der Waals surface area contributed by atoms with Crippen LogP contribution >= 0.6 is 22.9 Å². The van der Waals surface area contributed by atoms with Crippen molar-refractivity contribution in [3.63, 3.8) is 0 Å². The fourth-order valence-corrected chi connectivity index (χ4v) is 4.32. The van der Waals surface area contributed by atoms with Crippen LogP contribution in [0.5, 0.6) is 0 Å². The number of amides is 1. The van der Waals surface area contributed by atoms with Gasteiger partial charge in [-0.2, -0.15) is 0 Å². The Morgan fingerprint density at radius 2 is 1.76 bits per heavy atom. The minimum Gasteiger partial charge on any atom is -0.310 e. The number of pyridine rings is 1. The number of thiazole rings is 1. The Hall–Kier alpha value is -3.88. The van der Waals surface area contributed by atoms with Crippen LogP contribution in [0.25, 0.3) is 38.7 Å². The van der Waals surface area contributed by atoms with Gasteiger partial charge in [0.15, 0.2) is 0 Å². The van der Waals surface area contributed by atoms with Gasteiger partial charge in [-0.3, -0.25) is 9.59 Å². The minimum atomic E-state index is -0.214. The number of carbonyl (C=O) groups is 1. The molecule has 0 fully saturated rings. The molecule has 9 heteroatoms. The van der Waals surface area contributed by atoms with Crippen LogP contribution in [0, 0.1) is 0 Å². The second kappa shape index (κ2) is 8.57. The van der Waals surface area contributed by atoms with E-state index in [1.54, 1.807) is 23.6 Å². The van der Waals surface area contributed by atoms with E-state index in [4.69, 9.17) is 16.6 Å². The molecule has 0 spiro atoms. The van der Waals surface area contributed by atoms with Gasteiger partial charge in [-0.1, -0.05) is 48.0 Å². The van der Waals surface area contributed by atoms with Crippen LogP contribution in [0.3, 0.4) is 0 Å². The molecule has 162 valence electrons. The maximum atomic E-state index is 13.4. The quantitative estimate of drug-likeness (QED) is 0.388. The summed E-state index contributed by atoms with van der Waals surface area (Å²) in [5.41, 5.74) is 2.03. The standard InChI is InChI=1S/C24H16ClN5O2S/c1-14(31)27-20-13-33-23(29-20)16-8-6-15(7-9-16)22-28-19-5-3-2-4-18(19)24(32)30(22)21-11-10-17(25)12-26-21/h2-13H,1H3,(H,27,31). The lowest BCUT2D eigenvalue weighted by Gasteiger charge is -2.13. The van der Waals surface area contributed by atoms with Gasteiger partial charge in [0.1, 0.15) is 22.5 Å². The summed E-state index contributed by atoms with van der Waals surface area (Å²) in [7, 11) is 0. The van der Waals surface area contributed by atoms with Gasteiger partial charge in [-0.05, 0) is 24.3 Å². The Morgan fingerprint density at radius 3 is 2.48 bits per heavy atom. The third-order valence-corrected chi connectivity index (χ3v) is 6.03. The van der Waals surface area contributed by atoms with Gasteiger partial charge in [0, 0.05) is 29.6 Å². The first-order valence-electron chi connectivity index (χ1n) is 9.97. The van der Waals surface area contributed by atoms with Gasteiger partial charge < -0.3 is 5.32 Å². The molecule has 0 aliphatic carbocycles. The molecule has 1 N–H and O–H groups in total. The third-order valence-electron chi connectivity index (χ3n) is 4.91. The molecule has 0 aliphatic heterocycles. The zero-order valence-corrected chi connectivity index (χ0v) is 18.9. The number of nitrogens with one attached hydrogen (secondary N) is 1. The highest BCUT2D eigenvalue weighted by atomic mass is 35.5. The SMILES string of the molecule is CC(=O)Nc1csc(-c2ccc(-c3nc4ccccc4c(=O)n3-c3ccc(Cl)cn3)cc2)n1. The molecule has 0 unspecified atom stereocenters. The summed E-state index contributed by atoms with van der Waals surface area (Å²) in [6.07, 6.45) is 1.50. The van der Waals surface area contributed by atoms with E-state index in [-0.39, 0.29) is 11.5 Å². The molecule has 0 aliphatic rings. The van der Waals surface area contributed by atoms with Gasteiger partial charge in [-0.25, -0.2) is 19.5 Å². The van der Waals surface area contributed by atoms with E-state index in [2.05, 4.69) is 15.3 Å². The van der Waals surface area contributed by atoms with Crippen molar-refractivity contribution >= 4 is 45.6 Å². The number of fused-ring (bicyclic) bond motifs is 1. The topological polar surface area (TPSA) is 89.8 Å². The summed E-state index contributed by atoms with van der Waals surface area (Å²) < 4.78 is 1.49. The molecular weight excluding hydrogens is 458 g/mol. The number of nitrogens with zero attached hydrogens (tertiary/aromatic N) is 4. The fraction of sp³-hybridized carbons (Fsp3) is 0.0417. The van der Waals surface area contributed by atoms with Crippen molar-refractivity contribution in [2.75, 3.05) is 5.32 Å². The summed E-state index contributed by atoms with van der Waals surface area (Å²) in [6, 6.07) is 18.2. The number of rotatable bonds is 4. The first kappa shape index (κ1) is 21.0. The van der Waals surface area contributed by atoms with Crippen molar-refractivity contribution < 1.29 is 4.79 Å². The lowest BCUT2D eigenvalue weighted by atomic mass is 10.1. The smallest absolute Gasteiger partial charge is 0.267 e. The number of hydrogen-bond donors (Lipinski definition) is 1. The Balaban J connectivity index is 1.62. The van der Waals surface area contributed by atoms with Crippen molar-refractivity contribution in [3.05, 3.63) is 87.6 Å². The second-order valence-corrected chi connectivity index (χ2v) is 8.52. The number of benzene rings is 2. The molecule has 5 aromatic rings. The lowest BCUT2D eigenvalue weighted by molar-refractivity contribution is -0.114. The lowest BCUT2D eigenvalue weighted by Crippen LogP contribution is -2.22. The molecule has 2 aromatic carbocycles. The summed E-state index contributed by atoms with van der Waals surface area (Å²) in [5, 5.41) is 6.23. The van der Waals surface area contributed by atoms with Crippen LogP contribution in [-0.4, -0.2) is 25.4 Å². The van der Waals surface area contributed by atoms with Crippen LogP contribution in [0.4, 0.5) is 5.82 Å². The number of halogens is 1. The van der Waals surface area contributed by atoms with Gasteiger partial charge in [-0.15, -0.1) is 11.3 Å². The number of para-hydroxylation sites is 1. The predicted molar refractivity (Wildman–Crippen MR) is 131 cm³/mol. The molecule has 0 bridgehead atoms. The molecule has 0 saturated carbocycles. The summed E-state index contributed by atoms with van der Waals surface area (Å²) in [5.74, 6) is 1.25. The molecular formula is C24H16ClN5O2S. The first-order valence-corrected chi connectivity index (χ1v) is 11.2. The van der Waals surface area contributed by atoms with Gasteiger partial charge in [0.05, 0.1) is 15.9 Å². The van der Waals surface area contributed by atoms with Crippen LogP contribution in [0.1, 0.15) is 6.92 Å². The van der Waals surface area contributed by atoms with Crippen molar-refractivity contribution in [2.24, 2.45) is 0 Å². The van der Waals surface area contributed by atoms with E-state index in [1.165, 1.54) is 29.0 Å². The largest absolute Gasteiger partial charge is 0.310 e. The second-order valence-electron chi connectivity index (χ2n) is 7.22. The molecule has 3 heterocycles.